The van der Waals surface area contributed by atoms with Crippen LogP contribution >= 0.6 is 0 Å². The van der Waals surface area contributed by atoms with Gasteiger partial charge in [0.15, 0.2) is 0 Å². The van der Waals surface area contributed by atoms with Gasteiger partial charge in [0, 0.05) is 36.3 Å². The Balaban J connectivity index is 0.887. The maximum Gasteiger partial charge on any atom is 0.0104 e. The highest BCUT2D eigenvalue weighted by atomic mass is 15.2. The maximum atomic E-state index is 3.32. The van der Waals surface area contributed by atoms with Gasteiger partial charge in [0.05, 0.1) is 0 Å². The zero-order valence-corrected chi connectivity index (χ0v) is 30.2. The van der Waals surface area contributed by atoms with Crippen molar-refractivity contribution < 1.29 is 0 Å². The molecule has 9 saturated carbocycles. The highest BCUT2D eigenvalue weighted by molar-refractivity contribution is 5.03. The molecule has 0 spiro atoms. The lowest BCUT2D eigenvalue weighted by molar-refractivity contribution is -0.0331. The Kier molecular flexibility index (Phi) is 9.89. The van der Waals surface area contributed by atoms with E-state index in [0.29, 0.717) is 0 Å². The SMILES string of the molecule is C1CCC(N(C2CCC(N(C3CCCCC3)C3CCC4C(CC5CCCCC54)C3)CC2)C2CCC3C(CC4CCCCC43)C2)CC1. The summed E-state index contributed by atoms with van der Waals surface area (Å²) < 4.78 is 0. The van der Waals surface area contributed by atoms with Crippen LogP contribution in [0.25, 0.3) is 0 Å². The first kappa shape index (κ1) is 31.9. The minimum atomic E-state index is 0.909. The normalized spacial score (nSPS) is 47.3. The van der Waals surface area contributed by atoms with E-state index in [1.54, 1.807) is 103 Å². The molecule has 2 nitrogen and oxygen atoms in total. The van der Waals surface area contributed by atoms with Gasteiger partial charge in [-0.3, -0.25) is 9.80 Å². The van der Waals surface area contributed by atoms with Gasteiger partial charge in [-0.2, -0.15) is 0 Å². The van der Waals surface area contributed by atoms with Gasteiger partial charge in [0.1, 0.15) is 0 Å². The average molecular weight is 631 g/mol. The predicted octanol–water partition coefficient (Wildman–Crippen LogP) is 11.6. The quantitative estimate of drug-likeness (QED) is 0.288. The standard InChI is InChI=1S/C44H74N2/c1-3-13-35(14-4-1)45(39-23-25-43-33(29-39)27-31-11-7-9-17-41(31)43)37-19-21-38(22-20-37)46(36-15-5-2-6-16-36)40-24-26-44-34(30-40)28-32-12-8-10-18-42(32)44/h31-44H,1-30H2. The Hall–Kier alpha value is -0.0800. The fourth-order valence-corrected chi connectivity index (χ4v) is 15.9. The Morgan fingerprint density at radius 3 is 0.978 bits per heavy atom. The predicted molar refractivity (Wildman–Crippen MR) is 193 cm³/mol. The maximum absolute atomic E-state index is 3.32. The molecule has 10 atom stereocenters. The van der Waals surface area contributed by atoms with E-state index in [9.17, 15) is 0 Å². The van der Waals surface area contributed by atoms with E-state index in [0.717, 1.165) is 83.6 Å². The smallest absolute Gasteiger partial charge is 0.0104 e. The molecule has 0 saturated heterocycles. The van der Waals surface area contributed by atoms with Crippen LogP contribution in [-0.2, 0) is 0 Å². The van der Waals surface area contributed by atoms with Crippen LogP contribution in [0, 0.1) is 47.3 Å². The van der Waals surface area contributed by atoms with Gasteiger partial charge in [0.25, 0.3) is 0 Å². The second-order valence-electron chi connectivity index (χ2n) is 19.6. The first-order chi connectivity index (χ1) is 22.8. The van der Waals surface area contributed by atoms with Crippen molar-refractivity contribution in [1.29, 1.82) is 0 Å². The van der Waals surface area contributed by atoms with Gasteiger partial charge in [-0.15, -0.1) is 0 Å². The summed E-state index contributed by atoms with van der Waals surface area (Å²) in [5.41, 5.74) is 0. The minimum Gasteiger partial charge on any atom is -0.294 e. The van der Waals surface area contributed by atoms with Crippen molar-refractivity contribution in [3.8, 4) is 0 Å². The zero-order chi connectivity index (χ0) is 30.5. The molecule has 0 radical (unpaired) electrons. The molecule has 0 heterocycles. The molecule has 9 aliphatic rings. The Morgan fingerprint density at radius 1 is 0.217 bits per heavy atom. The van der Waals surface area contributed by atoms with Gasteiger partial charge in [0.2, 0.25) is 0 Å². The molecule has 0 amide bonds. The Labute approximate surface area is 285 Å². The van der Waals surface area contributed by atoms with Gasteiger partial charge >= 0.3 is 0 Å². The van der Waals surface area contributed by atoms with E-state index in [1.165, 1.54) is 89.9 Å². The average Bonchev–Trinajstić information content (AvgIpc) is 3.68. The lowest BCUT2D eigenvalue weighted by Gasteiger charge is -2.53. The molecule has 0 aromatic rings. The number of fused-ring (bicyclic) bond motifs is 6. The molecule has 46 heavy (non-hydrogen) atoms. The first-order valence-electron chi connectivity index (χ1n) is 22.3. The summed E-state index contributed by atoms with van der Waals surface area (Å²) in [4.78, 5) is 6.65. The molecular weight excluding hydrogens is 556 g/mol. The molecule has 260 valence electrons. The second-order valence-corrected chi connectivity index (χ2v) is 19.6. The van der Waals surface area contributed by atoms with Crippen LogP contribution in [0.5, 0.6) is 0 Å². The molecular formula is C44H74N2. The summed E-state index contributed by atoms with van der Waals surface area (Å²) in [6, 6.07) is 5.54. The third-order valence-corrected chi connectivity index (χ3v) is 17.6. The molecule has 9 aliphatic carbocycles. The van der Waals surface area contributed by atoms with Crippen LogP contribution in [0.1, 0.15) is 193 Å². The Bertz CT molecular complexity index is 894. The molecule has 0 aliphatic heterocycles. The summed E-state index contributed by atoms with van der Waals surface area (Å²) >= 11 is 0. The lowest BCUT2D eigenvalue weighted by atomic mass is 9.71. The minimum absolute atomic E-state index is 0.909. The van der Waals surface area contributed by atoms with Crippen LogP contribution < -0.4 is 0 Å². The Morgan fingerprint density at radius 2 is 0.543 bits per heavy atom. The first-order valence-corrected chi connectivity index (χ1v) is 22.3. The molecule has 0 aromatic carbocycles. The van der Waals surface area contributed by atoms with Gasteiger partial charge in [-0.1, -0.05) is 77.0 Å². The van der Waals surface area contributed by atoms with Crippen LogP contribution in [0.15, 0.2) is 0 Å². The lowest BCUT2D eigenvalue weighted by Crippen LogP contribution is -2.57. The van der Waals surface area contributed by atoms with E-state index in [2.05, 4.69) is 9.80 Å². The summed E-state index contributed by atoms with van der Waals surface area (Å²) in [5.74, 6) is 8.92. The van der Waals surface area contributed by atoms with Crippen LogP contribution in [0.4, 0.5) is 0 Å². The highest BCUT2D eigenvalue weighted by Gasteiger charge is 2.50. The van der Waals surface area contributed by atoms with Crippen molar-refractivity contribution in [2.75, 3.05) is 0 Å². The van der Waals surface area contributed by atoms with Gasteiger partial charge in [-0.25, -0.2) is 0 Å². The summed E-state index contributed by atoms with van der Waals surface area (Å²) in [6.45, 7) is 0. The molecule has 0 bridgehead atoms. The van der Waals surface area contributed by atoms with Crippen LogP contribution in [-0.4, -0.2) is 46.1 Å². The van der Waals surface area contributed by atoms with Crippen molar-refractivity contribution in [3.63, 3.8) is 0 Å². The van der Waals surface area contributed by atoms with Gasteiger partial charge in [-0.05, 0) is 163 Å². The zero-order valence-electron chi connectivity index (χ0n) is 30.2. The van der Waals surface area contributed by atoms with Crippen LogP contribution in [0.2, 0.25) is 0 Å². The van der Waals surface area contributed by atoms with E-state index < -0.39 is 0 Å². The van der Waals surface area contributed by atoms with E-state index in [4.69, 9.17) is 0 Å². The molecule has 9 rings (SSSR count). The molecule has 10 unspecified atom stereocenters. The van der Waals surface area contributed by atoms with E-state index in [-0.39, 0.29) is 0 Å². The summed E-state index contributed by atoms with van der Waals surface area (Å²) in [6.07, 6.45) is 46.6. The van der Waals surface area contributed by atoms with Crippen molar-refractivity contribution >= 4 is 0 Å². The largest absolute Gasteiger partial charge is 0.294 e. The molecule has 2 heteroatoms. The third kappa shape index (κ3) is 6.23. The highest BCUT2D eigenvalue weighted by Crippen LogP contribution is 2.57. The molecule has 0 aromatic heterocycles. The van der Waals surface area contributed by atoms with Crippen LogP contribution in [0.3, 0.4) is 0 Å². The molecule has 9 fully saturated rings. The number of rotatable bonds is 6. The fraction of sp³-hybridized carbons (Fsp3) is 1.00. The topological polar surface area (TPSA) is 6.48 Å². The van der Waals surface area contributed by atoms with Crippen molar-refractivity contribution in [1.82, 2.24) is 9.80 Å². The van der Waals surface area contributed by atoms with E-state index in [1.807, 2.05) is 0 Å². The van der Waals surface area contributed by atoms with Crippen molar-refractivity contribution in [3.05, 3.63) is 0 Å². The summed E-state index contributed by atoms with van der Waals surface area (Å²) in [7, 11) is 0. The van der Waals surface area contributed by atoms with Crippen molar-refractivity contribution in [2.45, 2.75) is 229 Å². The monoisotopic (exact) mass is 631 g/mol. The van der Waals surface area contributed by atoms with E-state index >= 15 is 0 Å². The van der Waals surface area contributed by atoms with Gasteiger partial charge < -0.3 is 0 Å². The molecule has 0 N–H and O–H groups in total. The number of nitrogens with zero attached hydrogens (tertiary/aromatic N) is 2. The second kappa shape index (κ2) is 14.3. The fourth-order valence-electron chi connectivity index (χ4n) is 15.9. The van der Waals surface area contributed by atoms with Crippen molar-refractivity contribution in [2.24, 2.45) is 47.3 Å². The summed E-state index contributed by atoms with van der Waals surface area (Å²) in [5, 5.41) is 0. The number of hydrogen-bond acceptors (Lipinski definition) is 2. The number of hydrogen-bond donors (Lipinski definition) is 0. The third-order valence-electron chi connectivity index (χ3n) is 17.6.